The fourth-order valence-electron chi connectivity index (χ4n) is 2.69. The van der Waals surface area contributed by atoms with Crippen LogP contribution >= 0.6 is 15.9 Å². The average molecular weight is 468 g/mol. The molecule has 6 heteroatoms. The molecular formula is C23H25BrF3NO. The van der Waals surface area contributed by atoms with Crippen molar-refractivity contribution in [2.75, 3.05) is 25.5 Å². The van der Waals surface area contributed by atoms with Gasteiger partial charge in [0.15, 0.2) is 0 Å². The SMILES string of the molecule is CC(=C=CCN(C)CCC(Oc1ccc(C(F)(F)F)cc1)c1ccccc1)CBr. The van der Waals surface area contributed by atoms with Gasteiger partial charge >= 0.3 is 6.18 Å². The molecule has 0 saturated heterocycles. The van der Waals surface area contributed by atoms with Crippen molar-refractivity contribution in [1.82, 2.24) is 4.90 Å². The summed E-state index contributed by atoms with van der Waals surface area (Å²) in [5.74, 6) is 0.422. The van der Waals surface area contributed by atoms with Crippen molar-refractivity contribution in [2.45, 2.75) is 25.6 Å². The van der Waals surface area contributed by atoms with Gasteiger partial charge in [-0.2, -0.15) is 13.2 Å². The Kier molecular flexibility index (Phi) is 9.02. The van der Waals surface area contributed by atoms with Crippen LogP contribution in [0.1, 0.15) is 30.6 Å². The molecule has 2 aromatic carbocycles. The Hall–Kier alpha value is -2.01. The van der Waals surface area contributed by atoms with Crippen molar-refractivity contribution in [3.8, 4) is 5.75 Å². The Morgan fingerprint density at radius 2 is 1.79 bits per heavy atom. The second kappa shape index (κ2) is 11.2. The molecule has 0 aliphatic carbocycles. The van der Waals surface area contributed by atoms with Crippen molar-refractivity contribution >= 4 is 15.9 Å². The van der Waals surface area contributed by atoms with E-state index in [0.29, 0.717) is 12.2 Å². The molecule has 2 aromatic rings. The second-order valence-electron chi connectivity index (χ2n) is 6.85. The molecule has 29 heavy (non-hydrogen) atoms. The smallest absolute Gasteiger partial charge is 0.416 e. The number of likely N-dealkylation sites (N-methyl/N-ethyl adjacent to an activating group) is 1. The molecule has 0 spiro atoms. The van der Waals surface area contributed by atoms with Crippen LogP contribution in [-0.4, -0.2) is 30.4 Å². The Balaban J connectivity index is 2.05. The summed E-state index contributed by atoms with van der Waals surface area (Å²) in [7, 11) is 2.02. The predicted molar refractivity (Wildman–Crippen MR) is 114 cm³/mol. The molecule has 156 valence electrons. The van der Waals surface area contributed by atoms with Crippen LogP contribution in [0, 0.1) is 0 Å². The van der Waals surface area contributed by atoms with E-state index in [1.165, 1.54) is 12.1 Å². The molecule has 0 aliphatic rings. The summed E-state index contributed by atoms with van der Waals surface area (Å²) >= 11 is 3.39. The lowest BCUT2D eigenvalue weighted by Gasteiger charge is -2.23. The first-order valence-electron chi connectivity index (χ1n) is 9.33. The van der Waals surface area contributed by atoms with Gasteiger partial charge in [0.05, 0.1) is 5.56 Å². The molecule has 2 nitrogen and oxygen atoms in total. The van der Waals surface area contributed by atoms with Crippen LogP contribution < -0.4 is 4.74 Å². The topological polar surface area (TPSA) is 12.5 Å². The minimum atomic E-state index is -4.35. The van der Waals surface area contributed by atoms with E-state index < -0.39 is 11.7 Å². The van der Waals surface area contributed by atoms with Gasteiger partial charge in [-0.05, 0) is 55.4 Å². The first kappa shape index (κ1) is 23.3. The quantitative estimate of drug-likeness (QED) is 0.302. The zero-order valence-electron chi connectivity index (χ0n) is 16.5. The molecule has 0 N–H and O–H groups in total. The summed E-state index contributed by atoms with van der Waals surface area (Å²) in [5, 5.41) is 0.796. The predicted octanol–water partition coefficient (Wildman–Crippen LogP) is 6.64. The minimum absolute atomic E-state index is 0.251. The van der Waals surface area contributed by atoms with Gasteiger partial charge in [-0.25, -0.2) is 0 Å². The van der Waals surface area contributed by atoms with Crippen LogP contribution in [-0.2, 0) is 6.18 Å². The number of alkyl halides is 4. The van der Waals surface area contributed by atoms with Crippen molar-refractivity contribution in [3.63, 3.8) is 0 Å². The largest absolute Gasteiger partial charge is 0.486 e. The highest BCUT2D eigenvalue weighted by Gasteiger charge is 2.30. The van der Waals surface area contributed by atoms with Crippen LogP contribution in [0.3, 0.4) is 0 Å². The lowest BCUT2D eigenvalue weighted by molar-refractivity contribution is -0.137. The van der Waals surface area contributed by atoms with Gasteiger partial charge in [0, 0.05) is 24.8 Å². The number of benzene rings is 2. The van der Waals surface area contributed by atoms with E-state index in [4.69, 9.17) is 4.74 Å². The van der Waals surface area contributed by atoms with Gasteiger partial charge < -0.3 is 9.64 Å². The van der Waals surface area contributed by atoms with Crippen molar-refractivity contribution in [2.24, 2.45) is 0 Å². The monoisotopic (exact) mass is 467 g/mol. The van der Waals surface area contributed by atoms with Crippen molar-refractivity contribution in [3.05, 3.63) is 83.1 Å². The third-order valence-electron chi connectivity index (χ3n) is 4.36. The Morgan fingerprint density at radius 3 is 2.38 bits per heavy atom. The number of ether oxygens (including phenoxy) is 1. The molecule has 0 radical (unpaired) electrons. The third-order valence-corrected chi connectivity index (χ3v) is 5.20. The molecule has 0 aliphatic heterocycles. The van der Waals surface area contributed by atoms with Crippen LogP contribution in [0.25, 0.3) is 0 Å². The Labute approximate surface area is 178 Å². The van der Waals surface area contributed by atoms with Gasteiger partial charge in [-0.15, -0.1) is 5.73 Å². The molecule has 1 atom stereocenters. The Morgan fingerprint density at radius 1 is 1.14 bits per heavy atom. The number of halogens is 4. The fraction of sp³-hybridized carbons (Fsp3) is 0.348. The molecule has 0 amide bonds. The van der Waals surface area contributed by atoms with E-state index in [9.17, 15) is 13.2 Å². The highest BCUT2D eigenvalue weighted by atomic mass is 79.9. The number of hydrogen-bond acceptors (Lipinski definition) is 2. The summed E-state index contributed by atoms with van der Waals surface area (Å²) in [6.07, 6.45) is -1.91. The standard InChI is InChI=1S/C23H25BrF3NO/c1-18(17-24)7-6-15-28(2)16-14-22(19-8-4-3-5-9-19)29-21-12-10-20(11-13-21)23(25,26)27/h3-6,8-13,22H,14-17H2,1-2H3. The lowest BCUT2D eigenvalue weighted by atomic mass is 10.1. The molecule has 2 rings (SSSR count). The highest BCUT2D eigenvalue weighted by molar-refractivity contribution is 9.09. The van der Waals surface area contributed by atoms with Crippen LogP contribution in [0.2, 0.25) is 0 Å². The maximum absolute atomic E-state index is 12.8. The third kappa shape index (κ3) is 8.09. The van der Waals surface area contributed by atoms with E-state index in [2.05, 4.69) is 26.6 Å². The van der Waals surface area contributed by atoms with E-state index in [1.54, 1.807) is 0 Å². The van der Waals surface area contributed by atoms with Crippen molar-refractivity contribution in [1.29, 1.82) is 0 Å². The maximum Gasteiger partial charge on any atom is 0.416 e. The number of rotatable bonds is 9. The van der Waals surface area contributed by atoms with E-state index in [1.807, 2.05) is 50.4 Å². The zero-order chi connectivity index (χ0) is 21.3. The van der Waals surface area contributed by atoms with E-state index in [-0.39, 0.29) is 6.10 Å². The summed E-state index contributed by atoms with van der Waals surface area (Å²) < 4.78 is 44.4. The highest BCUT2D eigenvalue weighted by Crippen LogP contribution is 2.32. The van der Waals surface area contributed by atoms with Crippen molar-refractivity contribution < 1.29 is 17.9 Å². The fourth-order valence-corrected chi connectivity index (χ4v) is 2.85. The Bertz CT molecular complexity index is 812. The molecule has 0 aromatic heterocycles. The molecule has 0 bridgehead atoms. The van der Waals surface area contributed by atoms with Gasteiger partial charge in [-0.1, -0.05) is 46.3 Å². The summed E-state index contributed by atoms with van der Waals surface area (Å²) in [6, 6.07) is 14.6. The first-order chi connectivity index (χ1) is 13.8. The normalized spacial score (nSPS) is 12.4. The van der Waals surface area contributed by atoms with Gasteiger partial charge in [-0.3, -0.25) is 0 Å². The molecule has 1 unspecified atom stereocenters. The van der Waals surface area contributed by atoms with Gasteiger partial charge in [0.2, 0.25) is 0 Å². The van der Waals surface area contributed by atoms with Crippen LogP contribution in [0.5, 0.6) is 5.75 Å². The summed E-state index contributed by atoms with van der Waals surface area (Å²) in [6.45, 7) is 3.53. The molecule has 0 heterocycles. The van der Waals surface area contributed by atoms with Crippen LogP contribution in [0.4, 0.5) is 13.2 Å². The summed E-state index contributed by atoms with van der Waals surface area (Å²) in [5.41, 5.74) is 4.66. The van der Waals surface area contributed by atoms with Crippen LogP contribution in [0.15, 0.2) is 72.0 Å². The van der Waals surface area contributed by atoms with Gasteiger partial charge in [0.1, 0.15) is 11.9 Å². The molecule has 0 saturated carbocycles. The number of hydrogen-bond donors (Lipinski definition) is 0. The molecular weight excluding hydrogens is 443 g/mol. The zero-order valence-corrected chi connectivity index (χ0v) is 18.1. The lowest BCUT2D eigenvalue weighted by Crippen LogP contribution is -2.23. The maximum atomic E-state index is 12.8. The van der Waals surface area contributed by atoms with E-state index in [0.717, 1.165) is 41.7 Å². The first-order valence-corrected chi connectivity index (χ1v) is 10.5. The molecule has 0 fully saturated rings. The summed E-state index contributed by atoms with van der Waals surface area (Å²) in [4.78, 5) is 2.15. The second-order valence-corrected chi connectivity index (χ2v) is 7.41. The number of nitrogens with zero attached hydrogens (tertiary/aromatic N) is 1. The van der Waals surface area contributed by atoms with E-state index >= 15 is 0 Å². The minimum Gasteiger partial charge on any atom is -0.486 e. The van der Waals surface area contributed by atoms with Gasteiger partial charge in [0.25, 0.3) is 0 Å². The average Bonchev–Trinajstić information content (AvgIpc) is 2.71.